The second-order valence-electron chi connectivity index (χ2n) is 6.79. The molecule has 1 N–H and O–H groups in total. The lowest BCUT2D eigenvalue weighted by atomic mass is 10.2. The van der Waals surface area contributed by atoms with Gasteiger partial charge in [0, 0.05) is 32.3 Å². The van der Waals surface area contributed by atoms with E-state index in [-0.39, 0.29) is 0 Å². The predicted octanol–water partition coefficient (Wildman–Crippen LogP) is 3.20. The molecule has 0 bridgehead atoms. The lowest BCUT2D eigenvalue weighted by Crippen LogP contribution is -2.33. The zero-order valence-electron chi connectivity index (χ0n) is 13.7. The third-order valence-corrected chi connectivity index (χ3v) is 4.93. The van der Waals surface area contributed by atoms with E-state index in [1.165, 1.54) is 50.8 Å². The summed E-state index contributed by atoms with van der Waals surface area (Å²) in [6.45, 7) is 5.50. The Labute approximate surface area is 135 Å². The highest BCUT2D eigenvalue weighted by molar-refractivity contribution is 5.14. The molecule has 1 aliphatic carbocycles. The van der Waals surface area contributed by atoms with Crippen LogP contribution in [0.4, 0.5) is 0 Å². The Morgan fingerprint density at radius 3 is 2.73 bits per heavy atom. The van der Waals surface area contributed by atoms with Crippen LogP contribution in [-0.4, -0.2) is 43.3 Å². The van der Waals surface area contributed by atoms with Crippen LogP contribution in [0.5, 0.6) is 0 Å². The molecular weight excluding hydrogens is 272 g/mol. The minimum atomic E-state index is 0.563. The molecule has 3 heteroatoms. The van der Waals surface area contributed by atoms with Gasteiger partial charge in [0.25, 0.3) is 0 Å². The van der Waals surface area contributed by atoms with Gasteiger partial charge in [0.05, 0.1) is 6.10 Å². The van der Waals surface area contributed by atoms with E-state index in [4.69, 9.17) is 4.74 Å². The van der Waals surface area contributed by atoms with Crippen LogP contribution in [0.1, 0.15) is 44.1 Å². The highest BCUT2D eigenvalue weighted by atomic mass is 16.5. The number of hydrogen-bond acceptors (Lipinski definition) is 3. The third-order valence-electron chi connectivity index (χ3n) is 4.93. The number of hydrogen-bond donors (Lipinski definition) is 1. The fourth-order valence-electron chi connectivity index (χ4n) is 3.67. The molecule has 1 saturated heterocycles. The van der Waals surface area contributed by atoms with Crippen molar-refractivity contribution in [3.05, 3.63) is 35.9 Å². The Bertz CT molecular complexity index is 417. The van der Waals surface area contributed by atoms with Gasteiger partial charge in [-0.05, 0) is 37.8 Å². The maximum absolute atomic E-state index is 5.92. The van der Waals surface area contributed by atoms with E-state index in [1.54, 1.807) is 0 Å². The van der Waals surface area contributed by atoms with Crippen LogP contribution in [-0.2, 0) is 11.3 Å². The highest BCUT2D eigenvalue weighted by Gasteiger charge is 2.21. The smallest absolute Gasteiger partial charge is 0.0575 e. The number of likely N-dealkylation sites (tertiary alicyclic amines) is 1. The molecule has 1 saturated carbocycles. The maximum atomic E-state index is 5.92. The summed E-state index contributed by atoms with van der Waals surface area (Å²) in [5.41, 5.74) is 1.42. The largest absolute Gasteiger partial charge is 0.378 e. The fourth-order valence-corrected chi connectivity index (χ4v) is 3.67. The molecule has 1 heterocycles. The van der Waals surface area contributed by atoms with Gasteiger partial charge in [-0.25, -0.2) is 0 Å². The van der Waals surface area contributed by atoms with Crippen LogP contribution in [0, 0.1) is 0 Å². The SMILES string of the molecule is c1ccc(CN2CC[C@@H](NCCCOC3CCCC3)C2)cc1. The van der Waals surface area contributed by atoms with Gasteiger partial charge in [-0.15, -0.1) is 0 Å². The van der Waals surface area contributed by atoms with Crippen LogP contribution in [0.3, 0.4) is 0 Å². The second-order valence-corrected chi connectivity index (χ2v) is 6.79. The first-order valence-electron chi connectivity index (χ1n) is 9.01. The van der Waals surface area contributed by atoms with Crippen molar-refractivity contribution in [2.45, 2.75) is 57.2 Å². The van der Waals surface area contributed by atoms with Crippen molar-refractivity contribution in [2.24, 2.45) is 0 Å². The van der Waals surface area contributed by atoms with Crippen LogP contribution in [0.15, 0.2) is 30.3 Å². The average molecular weight is 302 g/mol. The van der Waals surface area contributed by atoms with Gasteiger partial charge < -0.3 is 10.1 Å². The predicted molar refractivity (Wildman–Crippen MR) is 91.0 cm³/mol. The molecule has 0 amide bonds. The van der Waals surface area contributed by atoms with Crippen LogP contribution < -0.4 is 5.32 Å². The molecule has 0 aromatic heterocycles. The highest BCUT2D eigenvalue weighted by Crippen LogP contribution is 2.20. The topological polar surface area (TPSA) is 24.5 Å². The van der Waals surface area contributed by atoms with E-state index >= 15 is 0 Å². The molecule has 3 rings (SSSR count). The molecular formula is C19H30N2O. The first-order chi connectivity index (χ1) is 10.9. The first-order valence-corrected chi connectivity index (χ1v) is 9.01. The standard InChI is InChI=1S/C19H30N2O/c1-2-7-17(8-3-1)15-21-13-11-18(16-21)20-12-6-14-22-19-9-4-5-10-19/h1-3,7-8,18-20H,4-6,9-16H2/t18-/m1/s1. The first kappa shape index (κ1) is 16.0. The monoisotopic (exact) mass is 302 g/mol. The van der Waals surface area contributed by atoms with E-state index in [1.807, 2.05) is 0 Å². The van der Waals surface area contributed by atoms with E-state index in [0.29, 0.717) is 12.1 Å². The minimum absolute atomic E-state index is 0.563. The summed E-state index contributed by atoms with van der Waals surface area (Å²) in [6, 6.07) is 11.5. The number of ether oxygens (including phenoxy) is 1. The van der Waals surface area contributed by atoms with Crippen molar-refractivity contribution in [3.8, 4) is 0 Å². The van der Waals surface area contributed by atoms with Crippen molar-refractivity contribution < 1.29 is 4.74 Å². The molecule has 1 aromatic rings. The summed E-state index contributed by atoms with van der Waals surface area (Å²) < 4.78 is 5.92. The normalized spacial score (nSPS) is 23.4. The molecule has 0 unspecified atom stereocenters. The molecule has 0 radical (unpaired) electrons. The van der Waals surface area contributed by atoms with Crippen LogP contribution in [0.25, 0.3) is 0 Å². The minimum Gasteiger partial charge on any atom is -0.378 e. The Morgan fingerprint density at radius 1 is 1.09 bits per heavy atom. The quantitative estimate of drug-likeness (QED) is 0.746. The van der Waals surface area contributed by atoms with Crippen molar-refractivity contribution in [1.82, 2.24) is 10.2 Å². The second kappa shape index (κ2) is 8.66. The van der Waals surface area contributed by atoms with Gasteiger partial charge in [-0.1, -0.05) is 43.2 Å². The summed E-state index contributed by atoms with van der Waals surface area (Å²) in [5, 5.41) is 3.70. The molecule has 2 fully saturated rings. The number of rotatable bonds is 8. The molecule has 1 atom stereocenters. The summed E-state index contributed by atoms with van der Waals surface area (Å²) >= 11 is 0. The molecule has 2 aliphatic rings. The molecule has 22 heavy (non-hydrogen) atoms. The molecule has 122 valence electrons. The van der Waals surface area contributed by atoms with E-state index in [0.717, 1.165) is 26.1 Å². The van der Waals surface area contributed by atoms with Gasteiger partial charge >= 0.3 is 0 Å². The maximum Gasteiger partial charge on any atom is 0.0575 e. The van der Waals surface area contributed by atoms with Crippen molar-refractivity contribution in [3.63, 3.8) is 0 Å². The average Bonchev–Trinajstić information content (AvgIpc) is 3.20. The van der Waals surface area contributed by atoms with Crippen molar-refractivity contribution >= 4 is 0 Å². The number of nitrogens with one attached hydrogen (secondary N) is 1. The number of benzene rings is 1. The van der Waals surface area contributed by atoms with Crippen molar-refractivity contribution in [2.75, 3.05) is 26.2 Å². The third kappa shape index (κ3) is 5.08. The fraction of sp³-hybridized carbons (Fsp3) is 0.684. The summed E-state index contributed by atoms with van der Waals surface area (Å²) in [4.78, 5) is 2.56. The summed E-state index contributed by atoms with van der Waals surface area (Å²) in [5.74, 6) is 0. The van der Waals surface area contributed by atoms with E-state index in [2.05, 4.69) is 40.5 Å². The van der Waals surface area contributed by atoms with E-state index < -0.39 is 0 Å². The van der Waals surface area contributed by atoms with Crippen molar-refractivity contribution in [1.29, 1.82) is 0 Å². The van der Waals surface area contributed by atoms with Crippen LogP contribution >= 0.6 is 0 Å². The molecule has 1 aromatic carbocycles. The zero-order chi connectivity index (χ0) is 15.0. The molecule has 1 aliphatic heterocycles. The van der Waals surface area contributed by atoms with Gasteiger partial charge in [-0.3, -0.25) is 4.90 Å². The molecule has 3 nitrogen and oxygen atoms in total. The van der Waals surface area contributed by atoms with Crippen LogP contribution in [0.2, 0.25) is 0 Å². The van der Waals surface area contributed by atoms with Gasteiger partial charge in [0.15, 0.2) is 0 Å². The Hall–Kier alpha value is -0.900. The Morgan fingerprint density at radius 2 is 1.91 bits per heavy atom. The Balaban J connectivity index is 1.25. The summed E-state index contributed by atoms with van der Waals surface area (Å²) in [6.07, 6.45) is 8.27. The van der Waals surface area contributed by atoms with E-state index in [9.17, 15) is 0 Å². The van der Waals surface area contributed by atoms with Gasteiger partial charge in [0.2, 0.25) is 0 Å². The lowest BCUT2D eigenvalue weighted by molar-refractivity contribution is 0.0566. The number of nitrogens with zero attached hydrogens (tertiary/aromatic N) is 1. The summed E-state index contributed by atoms with van der Waals surface area (Å²) in [7, 11) is 0. The lowest BCUT2D eigenvalue weighted by Gasteiger charge is -2.17. The van der Waals surface area contributed by atoms with Gasteiger partial charge in [0.1, 0.15) is 0 Å². The van der Waals surface area contributed by atoms with Gasteiger partial charge in [-0.2, -0.15) is 0 Å². The Kier molecular flexibility index (Phi) is 6.29. The zero-order valence-corrected chi connectivity index (χ0v) is 13.7. The molecule has 0 spiro atoms.